The normalized spacial score (nSPS) is 30.1. The van der Waals surface area contributed by atoms with E-state index in [1.54, 1.807) is 17.4 Å². The summed E-state index contributed by atoms with van der Waals surface area (Å²) in [6, 6.07) is 2.73. The van der Waals surface area contributed by atoms with E-state index in [0.29, 0.717) is 20.6 Å². The van der Waals surface area contributed by atoms with E-state index in [4.69, 9.17) is 11.6 Å². The van der Waals surface area contributed by atoms with Crippen LogP contribution in [-0.2, 0) is 10.0 Å². The Hall–Kier alpha value is -0.140. The van der Waals surface area contributed by atoms with Crippen LogP contribution in [0.2, 0.25) is 4.34 Å². The molecule has 7 heteroatoms. The molecule has 0 radical (unpaired) electrons. The highest BCUT2D eigenvalue weighted by atomic mass is 35.5. The molecule has 1 N–H and O–H groups in total. The van der Waals surface area contributed by atoms with E-state index in [1.807, 2.05) is 6.92 Å². The molecule has 3 rings (SSSR count). The summed E-state index contributed by atoms with van der Waals surface area (Å²) in [6.45, 7) is 1.84. The van der Waals surface area contributed by atoms with Gasteiger partial charge in [-0.05, 0) is 44.2 Å². The van der Waals surface area contributed by atoms with Gasteiger partial charge >= 0.3 is 0 Å². The second-order valence-electron chi connectivity index (χ2n) is 5.81. The largest absolute Gasteiger partial charge is 0.311 e. The molecule has 0 amide bonds. The van der Waals surface area contributed by atoms with Crippen molar-refractivity contribution in [2.75, 3.05) is 7.05 Å². The molecule has 0 spiro atoms. The van der Waals surface area contributed by atoms with Gasteiger partial charge in [-0.2, -0.15) is 4.31 Å². The minimum Gasteiger partial charge on any atom is -0.311 e. The number of rotatable bonds is 3. The number of hydrogen-bond acceptors (Lipinski definition) is 4. The zero-order valence-corrected chi connectivity index (χ0v) is 14.0. The van der Waals surface area contributed by atoms with Crippen LogP contribution in [0.5, 0.6) is 0 Å². The number of aryl methyl sites for hydroxylation is 1. The first-order valence-electron chi connectivity index (χ1n) is 6.88. The average molecular weight is 335 g/mol. The zero-order chi connectivity index (χ0) is 14.5. The van der Waals surface area contributed by atoms with Crippen LogP contribution in [0.25, 0.3) is 0 Å². The Morgan fingerprint density at radius 3 is 2.45 bits per heavy atom. The maximum Gasteiger partial charge on any atom is 0.252 e. The van der Waals surface area contributed by atoms with Crippen molar-refractivity contribution >= 4 is 33.0 Å². The van der Waals surface area contributed by atoms with Crippen LogP contribution < -0.4 is 5.32 Å². The SMILES string of the molecule is Cc1cc(S(=O)(=O)N(C)C2CC3CCC(C2)N3)sc1Cl. The first-order valence-corrected chi connectivity index (χ1v) is 9.51. The third kappa shape index (κ3) is 2.52. The van der Waals surface area contributed by atoms with E-state index in [9.17, 15) is 8.42 Å². The second-order valence-corrected chi connectivity index (χ2v) is 9.69. The Morgan fingerprint density at radius 2 is 1.95 bits per heavy atom. The smallest absolute Gasteiger partial charge is 0.252 e. The van der Waals surface area contributed by atoms with Crippen LogP contribution in [0.1, 0.15) is 31.2 Å². The van der Waals surface area contributed by atoms with Crippen LogP contribution >= 0.6 is 22.9 Å². The fourth-order valence-electron chi connectivity index (χ4n) is 3.22. The molecular formula is C13H19ClN2O2S2. The fourth-order valence-corrected chi connectivity index (χ4v) is 6.49. The van der Waals surface area contributed by atoms with E-state index in [2.05, 4.69) is 5.32 Å². The maximum atomic E-state index is 12.7. The summed E-state index contributed by atoms with van der Waals surface area (Å²) in [4.78, 5) is 0. The molecule has 20 heavy (non-hydrogen) atoms. The van der Waals surface area contributed by atoms with Gasteiger partial charge in [-0.25, -0.2) is 8.42 Å². The lowest BCUT2D eigenvalue weighted by Gasteiger charge is -2.34. The summed E-state index contributed by atoms with van der Waals surface area (Å²) >= 11 is 7.16. The van der Waals surface area contributed by atoms with Gasteiger partial charge in [0.1, 0.15) is 4.21 Å². The molecule has 2 aliphatic heterocycles. The number of nitrogens with zero attached hydrogens (tertiary/aromatic N) is 1. The first kappa shape index (κ1) is 14.8. The van der Waals surface area contributed by atoms with Gasteiger partial charge in [-0.1, -0.05) is 11.6 Å². The number of piperidine rings is 1. The van der Waals surface area contributed by atoms with E-state index in [-0.39, 0.29) is 6.04 Å². The summed E-state index contributed by atoms with van der Waals surface area (Å²) in [7, 11) is -1.72. The second kappa shape index (κ2) is 5.25. The molecule has 112 valence electrons. The van der Waals surface area contributed by atoms with Crippen molar-refractivity contribution in [1.82, 2.24) is 9.62 Å². The molecular weight excluding hydrogens is 316 g/mol. The van der Waals surface area contributed by atoms with Gasteiger partial charge in [0.15, 0.2) is 0 Å². The van der Waals surface area contributed by atoms with Crippen molar-refractivity contribution in [1.29, 1.82) is 0 Å². The van der Waals surface area contributed by atoms with Crippen molar-refractivity contribution in [2.24, 2.45) is 0 Å². The van der Waals surface area contributed by atoms with Crippen LogP contribution in [0.3, 0.4) is 0 Å². The highest BCUT2D eigenvalue weighted by molar-refractivity contribution is 7.91. The van der Waals surface area contributed by atoms with Gasteiger partial charge in [-0.3, -0.25) is 0 Å². The molecule has 2 fully saturated rings. The predicted molar refractivity (Wildman–Crippen MR) is 82.0 cm³/mol. The lowest BCUT2D eigenvalue weighted by Crippen LogP contribution is -2.48. The van der Waals surface area contributed by atoms with Crippen LogP contribution in [0, 0.1) is 6.92 Å². The summed E-state index contributed by atoms with van der Waals surface area (Å²) < 4.78 is 27.8. The predicted octanol–water partition coefficient (Wildman–Crippen LogP) is 2.61. The fraction of sp³-hybridized carbons (Fsp3) is 0.692. The summed E-state index contributed by atoms with van der Waals surface area (Å²) in [5, 5.41) is 3.54. The number of sulfonamides is 1. The quantitative estimate of drug-likeness (QED) is 0.924. The highest BCUT2D eigenvalue weighted by Gasteiger charge is 2.39. The standard InChI is InChI=1S/C13H19ClN2O2S2/c1-8-5-12(19-13(8)14)20(17,18)16(2)11-6-9-3-4-10(7-11)15-9/h5,9-11,15H,3-4,6-7H2,1-2H3. The van der Waals surface area contributed by atoms with Crippen molar-refractivity contribution in [2.45, 2.75) is 54.9 Å². The molecule has 4 nitrogen and oxygen atoms in total. The van der Waals surface area contributed by atoms with Gasteiger partial charge in [0.05, 0.1) is 4.34 Å². The lowest BCUT2D eigenvalue weighted by atomic mass is 10.0. The van der Waals surface area contributed by atoms with E-state index in [1.165, 1.54) is 12.8 Å². The molecule has 2 atom stereocenters. The molecule has 2 bridgehead atoms. The number of thiophene rings is 1. The third-order valence-electron chi connectivity index (χ3n) is 4.43. The van der Waals surface area contributed by atoms with Crippen LogP contribution in [0.15, 0.2) is 10.3 Å². The Bertz CT molecular complexity index is 582. The van der Waals surface area contributed by atoms with Crippen molar-refractivity contribution in [3.63, 3.8) is 0 Å². The van der Waals surface area contributed by atoms with Gasteiger partial charge in [0.2, 0.25) is 0 Å². The van der Waals surface area contributed by atoms with Gasteiger partial charge in [-0.15, -0.1) is 11.3 Å². The first-order chi connectivity index (χ1) is 9.38. The van der Waals surface area contributed by atoms with E-state index >= 15 is 0 Å². The molecule has 2 unspecified atom stereocenters. The molecule has 3 heterocycles. The summed E-state index contributed by atoms with van der Waals surface area (Å²) in [6.07, 6.45) is 4.15. The van der Waals surface area contributed by atoms with Crippen molar-refractivity contribution in [3.05, 3.63) is 16.0 Å². The Labute approximate surface area is 129 Å². The molecule has 0 aliphatic carbocycles. The minimum atomic E-state index is -3.42. The van der Waals surface area contributed by atoms with Gasteiger partial charge in [0.25, 0.3) is 10.0 Å². The molecule has 0 saturated carbocycles. The van der Waals surface area contributed by atoms with Crippen molar-refractivity contribution < 1.29 is 8.42 Å². The third-order valence-corrected chi connectivity index (χ3v) is 8.34. The average Bonchev–Trinajstić information content (AvgIpc) is 2.92. The van der Waals surface area contributed by atoms with Gasteiger partial charge < -0.3 is 5.32 Å². The number of nitrogens with one attached hydrogen (secondary N) is 1. The molecule has 0 aromatic carbocycles. The summed E-state index contributed by atoms with van der Waals surface area (Å²) in [5.74, 6) is 0. The Morgan fingerprint density at radius 1 is 1.35 bits per heavy atom. The Balaban J connectivity index is 1.83. The van der Waals surface area contributed by atoms with Crippen LogP contribution in [0.4, 0.5) is 0 Å². The molecule has 2 saturated heterocycles. The molecule has 1 aromatic heterocycles. The van der Waals surface area contributed by atoms with Crippen molar-refractivity contribution in [3.8, 4) is 0 Å². The minimum absolute atomic E-state index is 0.0972. The zero-order valence-electron chi connectivity index (χ0n) is 11.6. The number of halogens is 1. The molecule has 1 aromatic rings. The Kier molecular flexibility index (Phi) is 3.88. The van der Waals surface area contributed by atoms with Gasteiger partial charge in [0, 0.05) is 25.2 Å². The van der Waals surface area contributed by atoms with E-state index in [0.717, 1.165) is 29.7 Å². The van der Waals surface area contributed by atoms with Crippen LogP contribution in [-0.4, -0.2) is 37.9 Å². The lowest BCUT2D eigenvalue weighted by molar-refractivity contribution is 0.252. The maximum absolute atomic E-state index is 12.7. The monoisotopic (exact) mass is 334 g/mol. The number of fused-ring (bicyclic) bond motifs is 2. The van der Waals surface area contributed by atoms with E-state index < -0.39 is 10.0 Å². The molecule has 2 aliphatic rings. The summed E-state index contributed by atoms with van der Waals surface area (Å²) in [5.41, 5.74) is 0.828. The highest BCUT2D eigenvalue weighted by Crippen LogP contribution is 2.35. The topological polar surface area (TPSA) is 49.4 Å². The number of hydrogen-bond donors (Lipinski definition) is 1.